The standard InChI is InChI=1S/C15H14Cl3N3O2/c1-8-3-9(2)20-13(8)6-19-21-14(22)7-23-15-11(17)4-10(16)5-12(15)18/h3-6,20H,7H2,1-2H3,(H,21,22)/b19-6+. The van der Waals surface area contributed by atoms with Crippen LogP contribution in [-0.2, 0) is 4.79 Å². The van der Waals surface area contributed by atoms with Crippen LogP contribution in [0.15, 0.2) is 23.3 Å². The third-order valence-electron chi connectivity index (χ3n) is 2.88. The Labute approximate surface area is 148 Å². The molecule has 0 aliphatic rings. The Hall–Kier alpha value is -1.69. The highest BCUT2D eigenvalue weighted by molar-refractivity contribution is 6.40. The summed E-state index contributed by atoms with van der Waals surface area (Å²) in [5.41, 5.74) is 5.25. The van der Waals surface area contributed by atoms with Crippen molar-refractivity contribution in [2.75, 3.05) is 6.61 Å². The second kappa shape index (κ2) is 7.73. The van der Waals surface area contributed by atoms with Crippen LogP contribution < -0.4 is 10.2 Å². The summed E-state index contributed by atoms with van der Waals surface area (Å²) in [6.45, 7) is 3.61. The van der Waals surface area contributed by atoms with Crippen molar-refractivity contribution in [3.05, 3.63) is 50.2 Å². The summed E-state index contributed by atoms with van der Waals surface area (Å²) in [6, 6.07) is 4.95. The molecule has 0 fully saturated rings. The quantitative estimate of drug-likeness (QED) is 0.610. The molecule has 0 saturated heterocycles. The fourth-order valence-corrected chi connectivity index (χ4v) is 2.82. The first-order chi connectivity index (χ1) is 10.9. The summed E-state index contributed by atoms with van der Waals surface area (Å²) >= 11 is 17.7. The van der Waals surface area contributed by atoms with Gasteiger partial charge in [0.05, 0.1) is 22.0 Å². The molecule has 1 heterocycles. The molecule has 5 nitrogen and oxygen atoms in total. The van der Waals surface area contributed by atoms with E-state index in [1.54, 1.807) is 0 Å². The minimum atomic E-state index is -0.440. The summed E-state index contributed by atoms with van der Waals surface area (Å²) in [7, 11) is 0. The van der Waals surface area contributed by atoms with Gasteiger partial charge in [-0.3, -0.25) is 4.79 Å². The molecule has 0 atom stereocenters. The average Bonchev–Trinajstić information content (AvgIpc) is 2.76. The van der Waals surface area contributed by atoms with E-state index in [4.69, 9.17) is 39.5 Å². The molecule has 0 radical (unpaired) electrons. The molecule has 2 rings (SSSR count). The van der Waals surface area contributed by atoms with Gasteiger partial charge >= 0.3 is 0 Å². The fraction of sp³-hybridized carbons (Fsp3) is 0.200. The van der Waals surface area contributed by atoms with E-state index in [0.717, 1.165) is 17.0 Å². The number of carbonyl (C=O) groups is 1. The zero-order valence-corrected chi connectivity index (χ0v) is 14.7. The second-order valence-electron chi connectivity index (χ2n) is 4.83. The lowest BCUT2D eigenvalue weighted by Crippen LogP contribution is -2.24. The number of amides is 1. The first kappa shape index (κ1) is 17.7. The number of aromatic amines is 1. The van der Waals surface area contributed by atoms with E-state index in [2.05, 4.69) is 15.5 Å². The van der Waals surface area contributed by atoms with Crippen LogP contribution in [0, 0.1) is 13.8 Å². The number of nitrogens with one attached hydrogen (secondary N) is 2. The Balaban J connectivity index is 1.90. The van der Waals surface area contributed by atoms with Gasteiger partial charge in [-0.05, 0) is 37.6 Å². The number of hydrogen-bond donors (Lipinski definition) is 2. The number of rotatable bonds is 5. The largest absolute Gasteiger partial charge is 0.481 e. The number of benzene rings is 1. The van der Waals surface area contributed by atoms with Gasteiger partial charge in [0.15, 0.2) is 12.4 Å². The summed E-state index contributed by atoms with van der Waals surface area (Å²) in [6.07, 6.45) is 1.53. The Bertz CT molecular complexity index is 733. The molecule has 8 heteroatoms. The molecule has 1 aromatic carbocycles. The molecule has 2 aromatic rings. The summed E-state index contributed by atoms with van der Waals surface area (Å²) in [5.74, 6) is -0.239. The van der Waals surface area contributed by atoms with Gasteiger partial charge in [0.25, 0.3) is 5.91 Å². The highest BCUT2D eigenvalue weighted by Gasteiger charge is 2.11. The van der Waals surface area contributed by atoms with Crippen molar-refractivity contribution in [1.29, 1.82) is 0 Å². The van der Waals surface area contributed by atoms with Gasteiger partial charge in [-0.15, -0.1) is 0 Å². The van der Waals surface area contributed by atoms with Crippen molar-refractivity contribution in [2.24, 2.45) is 5.10 Å². The molecule has 0 bridgehead atoms. The van der Waals surface area contributed by atoms with Gasteiger partial charge in [-0.1, -0.05) is 34.8 Å². The highest BCUT2D eigenvalue weighted by Crippen LogP contribution is 2.35. The van der Waals surface area contributed by atoms with Crippen molar-refractivity contribution in [1.82, 2.24) is 10.4 Å². The van der Waals surface area contributed by atoms with Crippen LogP contribution in [0.5, 0.6) is 5.75 Å². The Morgan fingerprint density at radius 1 is 1.26 bits per heavy atom. The summed E-state index contributed by atoms with van der Waals surface area (Å²) in [4.78, 5) is 14.8. The fourth-order valence-electron chi connectivity index (χ4n) is 1.89. The molecular weight excluding hydrogens is 361 g/mol. The van der Waals surface area contributed by atoms with E-state index in [9.17, 15) is 4.79 Å². The SMILES string of the molecule is Cc1cc(C)c(/C=N/NC(=O)COc2c(Cl)cc(Cl)cc2Cl)[nH]1. The predicted molar refractivity (Wildman–Crippen MR) is 93.0 cm³/mol. The summed E-state index contributed by atoms with van der Waals surface area (Å²) in [5, 5.41) is 4.72. The lowest BCUT2D eigenvalue weighted by Gasteiger charge is -2.09. The molecule has 0 unspecified atom stereocenters. The maximum atomic E-state index is 11.7. The minimum Gasteiger partial charge on any atom is -0.481 e. The Morgan fingerprint density at radius 2 is 1.91 bits per heavy atom. The number of aryl methyl sites for hydroxylation is 2. The molecule has 0 aliphatic heterocycles. The second-order valence-corrected chi connectivity index (χ2v) is 6.08. The molecule has 0 spiro atoms. The van der Waals surface area contributed by atoms with Crippen molar-refractivity contribution < 1.29 is 9.53 Å². The van der Waals surface area contributed by atoms with Gasteiger partial charge in [-0.2, -0.15) is 5.10 Å². The number of halogens is 3. The van der Waals surface area contributed by atoms with Crippen LogP contribution >= 0.6 is 34.8 Å². The number of ether oxygens (including phenoxy) is 1. The van der Waals surface area contributed by atoms with Crippen LogP contribution in [0.25, 0.3) is 0 Å². The molecule has 2 N–H and O–H groups in total. The molecule has 1 aromatic heterocycles. The monoisotopic (exact) mass is 373 g/mol. The maximum Gasteiger partial charge on any atom is 0.277 e. The van der Waals surface area contributed by atoms with E-state index >= 15 is 0 Å². The van der Waals surface area contributed by atoms with Gasteiger partial charge in [-0.25, -0.2) is 5.43 Å². The topological polar surface area (TPSA) is 66.5 Å². The molecule has 0 saturated carbocycles. The van der Waals surface area contributed by atoms with E-state index in [0.29, 0.717) is 5.02 Å². The van der Waals surface area contributed by atoms with Gasteiger partial charge < -0.3 is 9.72 Å². The zero-order chi connectivity index (χ0) is 17.0. The highest BCUT2D eigenvalue weighted by atomic mass is 35.5. The van der Waals surface area contributed by atoms with Crippen molar-refractivity contribution >= 4 is 46.9 Å². The zero-order valence-electron chi connectivity index (χ0n) is 12.4. The lowest BCUT2D eigenvalue weighted by atomic mass is 10.3. The third-order valence-corrected chi connectivity index (χ3v) is 3.66. The van der Waals surface area contributed by atoms with Crippen molar-refractivity contribution in [3.8, 4) is 5.75 Å². The molecule has 122 valence electrons. The normalized spacial score (nSPS) is 11.0. The molecule has 1 amide bonds. The number of carbonyl (C=O) groups excluding carboxylic acids is 1. The van der Waals surface area contributed by atoms with Crippen LogP contribution in [0.3, 0.4) is 0 Å². The smallest absolute Gasteiger partial charge is 0.277 e. The summed E-state index contributed by atoms with van der Waals surface area (Å²) < 4.78 is 5.30. The van der Waals surface area contributed by atoms with Crippen LogP contribution in [0.1, 0.15) is 17.0 Å². The minimum absolute atomic E-state index is 0.202. The molecule has 23 heavy (non-hydrogen) atoms. The van der Waals surface area contributed by atoms with Gasteiger partial charge in [0.1, 0.15) is 0 Å². The number of aromatic nitrogens is 1. The van der Waals surface area contributed by atoms with E-state index in [1.165, 1.54) is 18.3 Å². The van der Waals surface area contributed by atoms with Crippen LogP contribution in [-0.4, -0.2) is 23.7 Å². The van der Waals surface area contributed by atoms with Crippen LogP contribution in [0.2, 0.25) is 15.1 Å². The maximum absolute atomic E-state index is 11.7. The van der Waals surface area contributed by atoms with E-state index in [1.807, 2.05) is 19.9 Å². The van der Waals surface area contributed by atoms with E-state index in [-0.39, 0.29) is 22.4 Å². The van der Waals surface area contributed by atoms with Gasteiger partial charge in [0.2, 0.25) is 0 Å². The number of H-pyrrole nitrogens is 1. The third kappa shape index (κ3) is 4.89. The predicted octanol–water partition coefficient (Wildman–Crippen LogP) is 4.12. The van der Waals surface area contributed by atoms with Crippen molar-refractivity contribution in [3.63, 3.8) is 0 Å². The van der Waals surface area contributed by atoms with E-state index < -0.39 is 5.91 Å². The Morgan fingerprint density at radius 3 is 2.48 bits per heavy atom. The number of hydrogen-bond acceptors (Lipinski definition) is 3. The first-order valence-electron chi connectivity index (χ1n) is 6.62. The first-order valence-corrected chi connectivity index (χ1v) is 7.75. The van der Waals surface area contributed by atoms with Crippen LogP contribution in [0.4, 0.5) is 0 Å². The number of hydrazone groups is 1. The Kier molecular flexibility index (Phi) is 5.93. The van der Waals surface area contributed by atoms with Gasteiger partial charge in [0, 0.05) is 10.7 Å². The lowest BCUT2D eigenvalue weighted by molar-refractivity contribution is -0.123. The number of nitrogens with zero attached hydrogens (tertiary/aromatic N) is 1. The molecule has 0 aliphatic carbocycles. The average molecular weight is 375 g/mol. The molecular formula is C15H14Cl3N3O2. The van der Waals surface area contributed by atoms with Crippen molar-refractivity contribution in [2.45, 2.75) is 13.8 Å².